The molecular weight excluding hydrogens is 570 g/mol. The van der Waals surface area contributed by atoms with Gasteiger partial charge in [0.2, 0.25) is 0 Å². The number of H-pyrrole nitrogens is 1. The van der Waals surface area contributed by atoms with Crippen LogP contribution in [0.25, 0.3) is 10.9 Å². The fourth-order valence-corrected chi connectivity index (χ4v) is 10.9. The minimum Gasteiger partial charge on any atom is -0.388 e. The van der Waals surface area contributed by atoms with Crippen LogP contribution in [-0.4, -0.2) is 78.3 Å². The Balaban J connectivity index is 1.25. The van der Waals surface area contributed by atoms with Crippen molar-refractivity contribution in [2.24, 2.45) is 11.3 Å². The van der Waals surface area contributed by atoms with Crippen LogP contribution in [0.15, 0.2) is 23.8 Å². The molecule has 0 bridgehead atoms. The minimum absolute atomic E-state index is 0.230. The number of aromatic nitrogens is 1. The van der Waals surface area contributed by atoms with E-state index in [4.69, 9.17) is 14.2 Å². The lowest BCUT2D eigenvalue weighted by atomic mass is 9.40. The van der Waals surface area contributed by atoms with Crippen molar-refractivity contribution in [2.45, 2.75) is 158 Å². The molecule has 246 valence electrons. The molecule has 0 radical (unpaired) electrons. The van der Waals surface area contributed by atoms with Gasteiger partial charge >= 0.3 is 0 Å². The summed E-state index contributed by atoms with van der Waals surface area (Å²) in [6.07, 6.45) is 3.01. The van der Waals surface area contributed by atoms with E-state index in [9.17, 15) is 20.4 Å². The molecule has 2 saturated carbocycles. The second-order valence-corrected chi connectivity index (χ2v) is 17.0. The van der Waals surface area contributed by atoms with E-state index >= 15 is 0 Å². The van der Waals surface area contributed by atoms with Crippen LogP contribution in [0.4, 0.5) is 0 Å². The first-order valence-corrected chi connectivity index (χ1v) is 17.0. The quantitative estimate of drug-likeness (QED) is 0.242. The first kappa shape index (κ1) is 30.5. The van der Waals surface area contributed by atoms with Gasteiger partial charge in [0.05, 0.1) is 17.3 Å². The van der Waals surface area contributed by atoms with Gasteiger partial charge in [-0.05, 0) is 109 Å². The SMILES string of the molecule is CC(C)=CCc1c(C(O)[C@@H]2OC2(C)C)ccc2[nH]c3c(c12)C[C@@H]1CC[C@@]2(O)[C@@]45O[C@@H]4[C@H](O)[C@@H](C(C)(C)O)O[C@H]5CC[C@]2(C)[C@@]31C. The molecule has 1 aromatic carbocycles. The number of nitrogens with one attached hydrogen (secondary N) is 1. The summed E-state index contributed by atoms with van der Waals surface area (Å²) in [5.74, 6) is 0.327. The first-order chi connectivity index (χ1) is 20.9. The number of fused-ring (bicyclic) bond motifs is 7. The third-order valence-corrected chi connectivity index (χ3v) is 13.6. The van der Waals surface area contributed by atoms with Crippen molar-refractivity contribution in [1.82, 2.24) is 4.98 Å². The Morgan fingerprint density at radius 3 is 2.47 bits per heavy atom. The molecule has 1 aromatic heterocycles. The zero-order valence-corrected chi connectivity index (χ0v) is 28.0. The summed E-state index contributed by atoms with van der Waals surface area (Å²) in [5.41, 5.74) is 2.17. The van der Waals surface area contributed by atoms with E-state index in [0.717, 1.165) is 42.3 Å². The third-order valence-electron chi connectivity index (χ3n) is 13.6. The van der Waals surface area contributed by atoms with Crippen molar-refractivity contribution in [3.63, 3.8) is 0 Å². The highest BCUT2D eigenvalue weighted by Gasteiger charge is 2.86. The van der Waals surface area contributed by atoms with E-state index in [-0.39, 0.29) is 17.1 Å². The molecule has 3 saturated heterocycles. The minimum atomic E-state index is -1.23. The fraction of sp³-hybridized carbons (Fsp3) is 0.730. The number of ether oxygens (including phenoxy) is 3. The highest BCUT2D eigenvalue weighted by molar-refractivity contribution is 5.91. The predicted octanol–water partition coefficient (Wildman–Crippen LogP) is 4.68. The zero-order valence-electron chi connectivity index (χ0n) is 28.0. The van der Waals surface area contributed by atoms with Crippen LogP contribution < -0.4 is 0 Å². The topological polar surface area (TPSA) is 131 Å². The predicted molar refractivity (Wildman–Crippen MR) is 170 cm³/mol. The number of aromatic amines is 1. The number of rotatable bonds is 5. The smallest absolute Gasteiger partial charge is 0.152 e. The number of aliphatic hydroxyl groups excluding tert-OH is 2. The number of aliphatic hydroxyl groups is 4. The van der Waals surface area contributed by atoms with Crippen LogP contribution in [0.5, 0.6) is 0 Å². The number of epoxide rings is 2. The Kier molecular flexibility index (Phi) is 6.12. The lowest BCUT2D eigenvalue weighted by Gasteiger charge is -2.66. The van der Waals surface area contributed by atoms with Crippen molar-refractivity contribution in [2.75, 3.05) is 0 Å². The number of hydrogen-bond acceptors (Lipinski definition) is 7. The summed E-state index contributed by atoms with van der Waals surface area (Å²) in [5, 5.41) is 48.0. The van der Waals surface area contributed by atoms with Crippen LogP contribution >= 0.6 is 0 Å². The Bertz CT molecular complexity index is 1620. The van der Waals surface area contributed by atoms with Gasteiger partial charge in [-0.25, -0.2) is 0 Å². The van der Waals surface area contributed by atoms with Gasteiger partial charge < -0.3 is 39.6 Å². The number of benzene rings is 1. The molecule has 1 unspecified atom stereocenters. The molecule has 8 heteroatoms. The normalized spacial score (nSPS) is 44.7. The van der Waals surface area contributed by atoms with Crippen LogP contribution in [-0.2, 0) is 32.5 Å². The Hall–Kier alpha value is -1.78. The molecule has 3 aliphatic carbocycles. The van der Waals surface area contributed by atoms with Gasteiger partial charge in [0.1, 0.15) is 36.1 Å². The van der Waals surface area contributed by atoms with Crippen molar-refractivity contribution < 1.29 is 34.6 Å². The fourth-order valence-electron chi connectivity index (χ4n) is 10.9. The van der Waals surface area contributed by atoms with E-state index < -0.39 is 52.7 Å². The summed E-state index contributed by atoms with van der Waals surface area (Å²) >= 11 is 0. The van der Waals surface area contributed by atoms with E-state index in [2.05, 4.69) is 50.9 Å². The van der Waals surface area contributed by atoms with Gasteiger partial charge in [0, 0.05) is 27.4 Å². The lowest BCUT2D eigenvalue weighted by Crippen LogP contribution is -2.76. The van der Waals surface area contributed by atoms with Crippen molar-refractivity contribution >= 4 is 10.9 Å². The van der Waals surface area contributed by atoms with Gasteiger partial charge in [0.15, 0.2) is 5.60 Å². The summed E-state index contributed by atoms with van der Waals surface area (Å²) in [7, 11) is 0. The maximum Gasteiger partial charge on any atom is 0.152 e. The summed E-state index contributed by atoms with van der Waals surface area (Å²) in [4.78, 5) is 3.88. The van der Waals surface area contributed by atoms with Crippen LogP contribution in [0.3, 0.4) is 0 Å². The van der Waals surface area contributed by atoms with Crippen LogP contribution in [0.2, 0.25) is 0 Å². The Morgan fingerprint density at radius 1 is 1.11 bits per heavy atom. The van der Waals surface area contributed by atoms with Crippen LogP contribution in [0, 0.1) is 11.3 Å². The second-order valence-electron chi connectivity index (χ2n) is 17.0. The average Bonchev–Trinajstić information content (AvgIpc) is 3.78. The van der Waals surface area contributed by atoms with E-state index in [1.54, 1.807) is 13.8 Å². The molecule has 8 rings (SSSR count). The average molecular weight is 622 g/mol. The highest BCUT2D eigenvalue weighted by Crippen LogP contribution is 2.75. The monoisotopic (exact) mass is 621 g/mol. The van der Waals surface area contributed by atoms with E-state index in [0.29, 0.717) is 18.8 Å². The molecular formula is C37H51NO7. The Labute approximate surface area is 266 Å². The number of allylic oxidation sites excluding steroid dienone is 2. The molecule has 8 nitrogen and oxygen atoms in total. The maximum absolute atomic E-state index is 13.1. The van der Waals surface area contributed by atoms with Gasteiger partial charge in [0.25, 0.3) is 0 Å². The molecule has 5 N–H and O–H groups in total. The summed E-state index contributed by atoms with van der Waals surface area (Å²) in [6, 6.07) is 4.18. The highest BCUT2D eigenvalue weighted by atomic mass is 16.7. The third kappa shape index (κ3) is 3.63. The molecule has 45 heavy (non-hydrogen) atoms. The molecule has 6 aliphatic rings. The summed E-state index contributed by atoms with van der Waals surface area (Å²) in [6.45, 7) is 16.2. The number of hydrogen-bond donors (Lipinski definition) is 5. The largest absolute Gasteiger partial charge is 0.388 e. The molecule has 5 fully saturated rings. The summed E-state index contributed by atoms with van der Waals surface area (Å²) < 4.78 is 18.8. The van der Waals surface area contributed by atoms with Gasteiger partial charge in [-0.1, -0.05) is 31.6 Å². The first-order valence-electron chi connectivity index (χ1n) is 17.0. The Morgan fingerprint density at radius 2 is 1.82 bits per heavy atom. The van der Waals surface area contributed by atoms with E-state index in [1.807, 2.05) is 13.8 Å². The molecule has 1 spiro atoms. The van der Waals surface area contributed by atoms with Gasteiger partial charge in [-0.15, -0.1) is 0 Å². The standard InChI is InChI=1S/C37H51NO7/c1-18(2)9-10-20-21(26(39)30-33(5,6)44-30)11-12-23-25(20)22-17-19-13-16-36(42)34(7,35(19,8)28(22)38-23)15-14-24-37(36)31(45-37)27(40)29(43-24)32(3,4)41/h9,11-12,19,24,26-27,29-31,38-42H,10,13-17H2,1-8H3/t19-,24-,26?,27+,29-,30-,31+,34+,35+,36-,37-/m0/s1. The molecule has 2 aromatic rings. The lowest BCUT2D eigenvalue weighted by molar-refractivity contribution is -0.280. The van der Waals surface area contributed by atoms with E-state index in [1.165, 1.54) is 22.2 Å². The van der Waals surface area contributed by atoms with Gasteiger partial charge in [-0.3, -0.25) is 0 Å². The van der Waals surface area contributed by atoms with Gasteiger partial charge in [-0.2, -0.15) is 0 Å². The van der Waals surface area contributed by atoms with Crippen molar-refractivity contribution in [1.29, 1.82) is 0 Å². The zero-order chi connectivity index (χ0) is 32.3. The van der Waals surface area contributed by atoms with Crippen LogP contribution in [0.1, 0.15) is 110 Å². The second kappa shape index (κ2) is 9.01. The molecule has 11 atom stereocenters. The molecule has 3 aliphatic heterocycles. The van der Waals surface area contributed by atoms with Crippen molar-refractivity contribution in [3.8, 4) is 0 Å². The van der Waals surface area contributed by atoms with Crippen molar-refractivity contribution in [3.05, 3.63) is 46.2 Å². The molecule has 4 heterocycles. The molecule has 0 amide bonds. The maximum atomic E-state index is 13.1.